The van der Waals surface area contributed by atoms with E-state index >= 15 is 0 Å². The summed E-state index contributed by atoms with van der Waals surface area (Å²) >= 11 is 0. The van der Waals surface area contributed by atoms with Crippen molar-refractivity contribution in [2.45, 2.75) is 19.4 Å². The molecule has 0 saturated carbocycles. The number of carbonyl (C=O) groups is 1. The molecule has 0 fully saturated rings. The van der Waals surface area contributed by atoms with Gasteiger partial charge in [-0.05, 0) is 24.6 Å². The zero-order chi connectivity index (χ0) is 14.5. The molecule has 0 aliphatic carbocycles. The van der Waals surface area contributed by atoms with E-state index in [-0.39, 0.29) is 18.8 Å². The van der Waals surface area contributed by atoms with Gasteiger partial charge in [-0.2, -0.15) is 8.42 Å². The van der Waals surface area contributed by atoms with Crippen LogP contribution in [-0.4, -0.2) is 32.4 Å². The lowest BCUT2D eigenvalue weighted by atomic mass is 10.1. The fourth-order valence-electron chi connectivity index (χ4n) is 1.48. The van der Waals surface area contributed by atoms with Crippen LogP contribution in [0.15, 0.2) is 24.3 Å². The van der Waals surface area contributed by atoms with Gasteiger partial charge in [0.1, 0.15) is 11.9 Å². The van der Waals surface area contributed by atoms with E-state index in [0.29, 0.717) is 5.56 Å². The standard InChI is InChI=1S/C12H16O6S/c1-3-17-12(14)8-11(18-19(2,15)16)9-4-6-10(13)7-5-9/h4-7,11,13H,3,8H2,1-2H3/t11-/m0/s1. The third kappa shape index (κ3) is 5.71. The third-order valence-corrected chi connectivity index (χ3v) is 2.80. The number of esters is 1. The zero-order valence-electron chi connectivity index (χ0n) is 10.7. The molecule has 106 valence electrons. The summed E-state index contributed by atoms with van der Waals surface area (Å²) in [6, 6.07) is 5.76. The lowest BCUT2D eigenvalue weighted by Gasteiger charge is -2.16. The molecule has 0 unspecified atom stereocenters. The number of phenols is 1. The Kier molecular flexibility index (Phi) is 5.31. The van der Waals surface area contributed by atoms with E-state index in [1.165, 1.54) is 24.3 Å². The average molecular weight is 288 g/mol. The second-order valence-corrected chi connectivity index (χ2v) is 5.49. The quantitative estimate of drug-likeness (QED) is 0.628. The summed E-state index contributed by atoms with van der Waals surface area (Å²) in [5.74, 6) is -0.512. The number of aromatic hydroxyl groups is 1. The predicted octanol–water partition coefficient (Wildman–Crippen LogP) is 1.36. The van der Waals surface area contributed by atoms with E-state index in [1.807, 2.05) is 0 Å². The fraction of sp³-hybridized carbons (Fsp3) is 0.417. The number of ether oxygens (including phenoxy) is 1. The molecular formula is C12H16O6S. The first-order chi connectivity index (χ1) is 8.81. The molecule has 1 atom stereocenters. The van der Waals surface area contributed by atoms with Gasteiger partial charge in [-0.1, -0.05) is 12.1 Å². The molecule has 1 rings (SSSR count). The largest absolute Gasteiger partial charge is 0.508 e. The predicted molar refractivity (Wildman–Crippen MR) is 68.0 cm³/mol. The van der Waals surface area contributed by atoms with Gasteiger partial charge in [0.2, 0.25) is 0 Å². The van der Waals surface area contributed by atoms with Gasteiger partial charge in [-0.15, -0.1) is 0 Å². The molecule has 1 aromatic carbocycles. The Morgan fingerprint density at radius 2 is 1.89 bits per heavy atom. The first kappa shape index (κ1) is 15.5. The molecule has 0 bridgehead atoms. The molecule has 0 aromatic heterocycles. The topological polar surface area (TPSA) is 89.9 Å². The Labute approximate surface area is 112 Å². The lowest BCUT2D eigenvalue weighted by Crippen LogP contribution is -2.16. The Hall–Kier alpha value is -1.60. The van der Waals surface area contributed by atoms with Gasteiger partial charge in [0.15, 0.2) is 0 Å². The number of hydrogen-bond donors (Lipinski definition) is 1. The molecule has 7 heteroatoms. The Morgan fingerprint density at radius 1 is 1.32 bits per heavy atom. The highest BCUT2D eigenvalue weighted by Gasteiger charge is 2.22. The van der Waals surface area contributed by atoms with Crippen molar-refractivity contribution in [2.75, 3.05) is 12.9 Å². The van der Waals surface area contributed by atoms with E-state index in [0.717, 1.165) is 6.26 Å². The molecular weight excluding hydrogens is 272 g/mol. The summed E-state index contributed by atoms with van der Waals surface area (Å²) in [6.07, 6.45) is -0.272. The smallest absolute Gasteiger partial charge is 0.308 e. The van der Waals surface area contributed by atoms with Crippen LogP contribution in [0.4, 0.5) is 0 Å². The van der Waals surface area contributed by atoms with E-state index in [9.17, 15) is 18.3 Å². The second kappa shape index (κ2) is 6.53. The van der Waals surface area contributed by atoms with Crippen LogP contribution in [0.5, 0.6) is 5.75 Å². The van der Waals surface area contributed by atoms with Gasteiger partial charge in [0.05, 0.1) is 19.3 Å². The Bertz CT molecular complexity index is 520. The van der Waals surface area contributed by atoms with Gasteiger partial charge in [-0.25, -0.2) is 0 Å². The van der Waals surface area contributed by atoms with Crippen LogP contribution >= 0.6 is 0 Å². The number of rotatable bonds is 6. The first-order valence-electron chi connectivity index (χ1n) is 5.64. The summed E-state index contributed by atoms with van der Waals surface area (Å²) in [5, 5.41) is 9.19. The number of benzene rings is 1. The summed E-state index contributed by atoms with van der Waals surface area (Å²) < 4.78 is 32.0. The van der Waals surface area contributed by atoms with Crippen LogP contribution in [0, 0.1) is 0 Å². The fourth-order valence-corrected chi connectivity index (χ4v) is 2.08. The lowest BCUT2D eigenvalue weighted by molar-refractivity contribution is -0.144. The van der Waals surface area contributed by atoms with Gasteiger partial charge in [0, 0.05) is 0 Å². The number of carbonyl (C=O) groups excluding carboxylic acids is 1. The van der Waals surface area contributed by atoms with Crippen LogP contribution in [0.25, 0.3) is 0 Å². The summed E-state index contributed by atoms with van der Waals surface area (Å²) in [5.41, 5.74) is 0.469. The monoisotopic (exact) mass is 288 g/mol. The number of hydrogen-bond acceptors (Lipinski definition) is 6. The van der Waals surface area contributed by atoms with E-state index < -0.39 is 22.2 Å². The molecule has 0 saturated heterocycles. The third-order valence-electron chi connectivity index (χ3n) is 2.21. The maximum absolute atomic E-state index is 11.4. The molecule has 0 aliphatic rings. The van der Waals surface area contributed by atoms with Crippen LogP contribution in [0.1, 0.15) is 25.0 Å². The maximum atomic E-state index is 11.4. The molecule has 0 spiro atoms. The van der Waals surface area contributed by atoms with Crippen molar-refractivity contribution in [3.63, 3.8) is 0 Å². The Morgan fingerprint density at radius 3 is 2.37 bits per heavy atom. The molecule has 6 nitrogen and oxygen atoms in total. The van der Waals surface area contributed by atoms with Crippen molar-refractivity contribution < 1.29 is 27.2 Å². The van der Waals surface area contributed by atoms with Crippen molar-refractivity contribution in [3.05, 3.63) is 29.8 Å². The zero-order valence-corrected chi connectivity index (χ0v) is 11.5. The average Bonchev–Trinajstić information content (AvgIpc) is 2.27. The van der Waals surface area contributed by atoms with E-state index in [1.54, 1.807) is 6.92 Å². The van der Waals surface area contributed by atoms with Gasteiger partial charge in [-0.3, -0.25) is 8.98 Å². The van der Waals surface area contributed by atoms with Gasteiger partial charge < -0.3 is 9.84 Å². The van der Waals surface area contributed by atoms with Crippen LogP contribution in [-0.2, 0) is 23.8 Å². The minimum atomic E-state index is -3.71. The summed E-state index contributed by atoms with van der Waals surface area (Å²) in [6.45, 7) is 1.87. The van der Waals surface area contributed by atoms with E-state index in [4.69, 9.17) is 8.92 Å². The van der Waals surface area contributed by atoms with Gasteiger partial charge >= 0.3 is 5.97 Å². The minimum absolute atomic E-state index is 0.0398. The first-order valence-corrected chi connectivity index (χ1v) is 7.46. The second-order valence-electron chi connectivity index (χ2n) is 3.89. The minimum Gasteiger partial charge on any atom is -0.508 e. The SMILES string of the molecule is CCOC(=O)C[C@H](OS(C)(=O)=O)c1ccc(O)cc1. The molecule has 0 amide bonds. The Balaban J connectivity index is 2.91. The molecule has 0 radical (unpaired) electrons. The maximum Gasteiger partial charge on any atom is 0.308 e. The van der Waals surface area contributed by atoms with Crippen LogP contribution in [0.2, 0.25) is 0 Å². The van der Waals surface area contributed by atoms with Crippen molar-refractivity contribution >= 4 is 16.1 Å². The van der Waals surface area contributed by atoms with Crippen molar-refractivity contribution in [2.24, 2.45) is 0 Å². The highest BCUT2D eigenvalue weighted by Crippen LogP contribution is 2.25. The van der Waals surface area contributed by atoms with Crippen molar-refractivity contribution in [3.8, 4) is 5.75 Å². The highest BCUT2D eigenvalue weighted by atomic mass is 32.2. The van der Waals surface area contributed by atoms with Crippen LogP contribution < -0.4 is 0 Å². The molecule has 1 aromatic rings. The van der Waals surface area contributed by atoms with E-state index in [2.05, 4.69) is 0 Å². The van der Waals surface area contributed by atoms with Crippen molar-refractivity contribution in [1.82, 2.24) is 0 Å². The normalized spacial score (nSPS) is 12.9. The molecule has 19 heavy (non-hydrogen) atoms. The summed E-state index contributed by atoms with van der Waals surface area (Å²) in [7, 11) is -3.71. The van der Waals surface area contributed by atoms with Crippen molar-refractivity contribution in [1.29, 1.82) is 0 Å². The summed E-state index contributed by atoms with van der Waals surface area (Å²) in [4.78, 5) is 11.4. The highest BCUT2D eigenvalue weighted by molar-refractivity contribution is 7.86. The van der Waals surface area contributed by atoms with Gasteiger partial charge in [0.25, 0.3) is 10.1 Å². The molecule has 0 aliphatic heterocycles. The van der Waals surface area contributed by atoms with Crippen LogP contribution in [0.3, 0.4) is 0 Å². The molecule has 1 N–H and O–H groups in total. The number of phenolic OH excluding ortho intramolecular Hbond substituents is 1. The molecule has 0 heterocycles.